The minimum absolute atomic E-state index is 0. The van der Waals surface area contributed by atoms with Gasteiger partial charge in [0.25, 0.3) is 5.69 Å². The van der Waals surface area contributed by atoms with Crippen LogP contribution in [0.15, 0.2) is 47.4 Å². The number of hydrogen-bond donors (Lipinski definition) is 1. The van der Waals surface area contributed by atoms with Crippen molar-refractivity contribution in [1.29, 1.82) is 0 Å². The number of rotatable bonds is 5. The predicted octanol–water partition coefficient (Wildman–Crippen LogP) is -0.368. The second-order valence-corrected chi connectivity index (χ2v) is 6.42. The van der Waals surface area contributed by atoms with Crippen LogP contribution in [0.5, 0.6) is 0 Å². The van der Waals surface area contributed by atoms with Crippen LogP contribution in [-0.2, 0) is 14.9 Å². The summed E-state index contributed by atoms with van der Waals surface area (Å²) in [4.78, 5) is 20.3. The minimum atomic E-state index is -4.87. The first-order valence-corrected chi connectivity index (χ1v) is 8.38. The molecule has 26 heavy (non-hydrogen) atoms. The Balaban J connectivity index is 0.00000338. The van der Waals surface area contributed by atoms with Crippen molar-refractivity contribution in [1.82, 2.24) is 0 Å². The molecule has 0 aliphatic carbocycles. The Kier molecular flexibility index (Phi) is 7.67. The largest absolute Gasteiger partial charge is 1.00 e. The van der Waals surface area contributed by atoms with Crippen LogP contribution < -0.4 is 34.9 Å². The van der Waals surface area contributed by atoms with Gasteiger partial charge in [0, 0.05) is 24.7 Å². The third kappa shape index (κ3) is 6.04. The van der Waals surface area contributed by atoms with E-state index in [0.29, 0.717) is 11.3 Å². The molecule has 10 heteroatoms. The summed E-state index contributed by atoms with van der Waals surface area (Å²) < 4.78 is 34.0. The maximum absolute atomic E-state index is 11.3. The zero-order valence-corrected chi connectivity index (χ0v) is 16.8. The molecule has 8 nitrogen and oxygen atoms in total. The van der Waals surface area contributed by atoms with Gasteiger partial charge in [0.05, 0.1) is 9.82 Å². The molecule has 1 N–H and O–H groups in total. The summed E-state index contributed by atoms with van der Waals surface area (Å²) in [6.07, 6.45) is 2.93. The van der Waals surface area contributed by atoms with Gasteiger partial charge < -0.3 is 9.87 Å². The van der Waals surface area contributed by atoms with E-state index >= 15 is 0 Å². The van der Waals surface area contributed by atoms with Crippen molar-refractivity contribution in [2.45, 2.75) is 11.8 Å². The first kappa shape index (κ1) is 22.0. The van der Waals surface area contributed by atoms with Gasteiger partial charge >= 0.3 is 29.6 Å². The van der Waals surface area contributed by atoms with Crippen molar-refractivity contribution in [3.63, 3.8) is 0 Å². The van der Waals surface area contributed by atoms with E-state index in [1.165, 1.54) is 19.1 Å². The van der Waals surface area contributed by atoms with E-state index < -0.39 is 25.6 Å². The van der Waals surface area contributed by atoms with E-state index in [4.69, 9.17) is 0 Å². The molecule has 0 saturated heterocycles. The maximum Gasteiger partial charge on any atom is 1.00 e. The smallest absolute Gasteiger partial charge is 0.744 e. The summed E-state index contributed by atoms with van der Waals surface area (Å²) >= 11 is 0. The van der Waals surface area contributed by atoms with Gasteiger partial charge in [-0.1, -0.05) is 24.3 Å². The van der Waals surface area contributed by atoms with E-state index in [0.717, 1.165) is 12.1 Å². The van der Waals surface area contributed by atoms with Crippen LogP contribution in [0.1, 0.15) is 18.1 Å². The molecule has 0 aromatic heterocycles. The first-order chi connectivity index (χ1) is 11.7. The van der Waals surface area contributed by atoms with Crippen LogP contribution in [0, 0.1) is 10.1 Å². The van der Waals surface area contributed by atoms with Crippen LogP contribution in [0.4, 0.5) is 11.4 Å². The molecule has 0 aliphatic heterocycles. The maximum atomic E-state index is 11.3. The fraction of sp³-hybridized carbons (Fsp3) is 0.0625. The normalized spacial score (nSPS) is 11.0. The number of nitrogens with zero attached hydrogens (tertiary/aromatic N) is 1. The number of amides is 1. The zero-order chi connectivity index (χ0) is 18.6. The molecule has 0 radical (unpaired) electrons. The van der Waals surface area contributed by atoms with Gasteiger partial charge in [-0.15, -0.1) is 0 Å². The number of nitro groups is 1. The molecule has 0 bridgehead atoms. The van der Waals surface area contributed by atoms with Gasteiger partial charge in [0.1, 0.15) is 10.1 Å². The molecule has 0 fully saturated rings. The number of anilines is 1. The Bertz CT molecular complexity index is 955. The standard InChI is InChI=1S/C16H14N2O6S.Na/c1-11(19)17-14-7-3-12(4-8-14)2-5-13-6-9-15(18(20)21)10-16(13)25(22,23)24;/h2-10H,1H3,(H,17,19)(H,22,23,24);/q;+1/p-1. The van der Waals surface area contributed by atoms with Gasteiger partial charge in [-0.3, -0.25) is 14.9 Å². The number of hydrogen-bond acceptors (Lipinski definition) is 6. The Morgan fingerprint density at radius 3 is 2.23 bits per heavy atom. The number of carbonyl (C=O) groups excluding carboxylic acids is 1. The molecule has 0 spiro atoms. The first-order valence-electron chi connectivity index (χ1n) is 6.97. The van der Waals surface area contributed by atoms with Gasteiger partial charge in [-0.25, -0.2) is 8.42 Å². The zero-order valence-electron chi connectivity index (χ0n) is 14.0. The molecule has 0 heterocycles. The van der Waals surface area contributed by atoms with Gasteiger partial charge in [-0.05, 0) is 29.3 Å². The molecule has 0 aliphatic rings. The van der Waals surface area contributed by atoms with Crippen LogP contribution >= 0.6 is 0 Å². The fourth-order valence-corrected chi connectivity index (χ4v) is 2.75. The molecule has 2 rings (SSSR count). The van der Waals surface area contributed by atoms with Crippen LogP contribution in [-0.4, -0.2) is 23.8 Å². The van der Waals surface area contributed by atoms with Crippen LogP contribution in [0.2, 0.25) is 0 Å². The van der Waals surface area contributed by atoms with E-state index in [1.54, 1.807) is 30.3 Å². The van der Waals surface area contributed by atoms with E-state index in [9.17, 15) is 27.9 Å². The van der Waals surface area contributed by atoms with Gasteiger partial charge in [0.2, 0.25) is 5.91 Å². The van der Waals surface area contributed by atoms with Crippen molar-refractivity contribution in [2.24, 2.45) is 0 Å². The summed E-state index contributed by atoms with van der Waals surface area (Å²) in [5, 5.41) is 13.3. The third-order valence-electron chi connectivity index (χ3n) is 3.16. The summed E-state index contributed by atoms with van der Waals surface area (Å²) in [5.74, 6) is -0.209. The summed E-state index contributed by atoms with van der Waals surface area (Å²) in [6, 6.07) is 9.72. The Morgan fingerprint density at radius 1 is 1.12 bits per heavy atom. The van der Waals surface area contributed by atoms with Gasteiger partial charge in [0.15, 0.2) is 0 Å². The summed E-state index contributed by atoms with van der Waals surface area (Å²) in [5.41, 5.74) is 0.849. The Morgan fingerprint density at radius 2 is 1.73 bits per heavy atom. The van der Waals surface area contributed by atoms with E-state index in [1.807, 2.05) is 0 Å². The summed E-state index contributed by atoms with van der Waals surface area (Å²) in [7, 11) is -4.87. The summed E-state index contributed by atoms with van der Waals surface area (Å²) in [6.45, 7) is 1.38. The number of non-ortho nitro benzene ring substituents is 1. The minimum Gasteiger partial charge on any atom is -0.744 e. The van der Waals surface area contributed by atoms with Crippen LogP contribution in [0.3, 0.4) is 0 Å². The molecule has 0 unspecified atom stereocenters. The molecule has 2 aromatic carbocycles. The molecule has 1 amide bonds. The monoisotopic (exact) mass is 384 g/mol. The van der Waals surface area contributed by atoms with Crippen molar-refractivity contribution in [2.75, 3.05) is 5.32 Å². The second kappa shape index (κ2) is 9.06. The third-order valence-corrected chi connectivity index (χ3v) is 4.06. The predicted molar refractivity (Wildman–Crippen MR) is 90.7 cm³/mol. The van der Waals surface area contributed by atoms with Crippen molar-refractivity contribution in [3.05, 3.63) is 63.7 Å². The number of nitro benzene ring substituents is 1. The molecule has 2 aromatic rings. The van der Waals surface area contributed by atoms with E-state index in [-0.39, 0.29) is 41.0 Å². The number of nitrogens with one attached hydrogen (secondary N) is 1. The molecular formula is C16H13N2NaO6S. The molecule has 130 valence electrons. The average molecular weight is 384 g/mol. The molecular weight excluding hydrogens is 371 g/mol. The SMILES string of the molecule is CC(=O)Nc1ccc(C=Cc2ccc([N+](=O)[O-])cc2S(=O)(=O)[O-])cc1.[Na+]. The van der Waals surface area contributed by atoms with Crippen molar-refractivity contribution >= 4 is 39.6 Å². The van der Waals surface area contributed by atoms with Crippen LogP contribution in [0.25, 0.3) is 12.2 Å². The molecule has 0 saturated carbocycles. The quantitative estimate of drug-likeness (QED) is 0.246. The molecule has 0 atom stereocenters. The van der Waals surface area contributed by atoms with Crippen molar-refractivity contribution in [3.8, 4) is 0 Å². The number of benzene rings is 2. The topological polar surface area (TPSA) is 129 Å². The second-order valence-electron chi connectivity index (χ2n) is 5.07. The average Bonchev–Trinajstić information content (AvgIpc) is 2.52. The Labute approximate surface area is 172 Å². The van der Waals surface area contributed by atoms with Crippen molar-refractivity contribution < 1.29 is 52.2 Å². The number of carbonyl (C=O) groups is 1. The van der Waals surface area contributed by atoms with Gasteiger partial charge in [-0.2, -0.15) is 0 Å². The fourth-order valence-electron chi connectivity index (χ4n) is 2.06. The Hall–Kier alpha value is -2.04. The van der Waals surface area contributed by atoms with E-state index in [2.05, 4.69) is 5.32 Å².